The van der Waals surface area contributed by atoms with Gasteiger partial charge in [-0.3, -0.25) is 9.69 Å². The molecule has 1 saturated heterocycles. The van der Waals surface area contributed by atoms with Crippen molar-refractivity contribution in [3.05, 3.63) is 50.1 Å². The van der Waals surface area contributed by atoms with Gasteiger partial charge in [-0.25, -0.2) is 0 Å². The first-order valence-corrected chi connectivity index (χ1v) is 9.29. The van der Waals surface area contributed by atoms with E-state index >= 15 is 0 Å². The second kappa shape index (κ2) is 7.74. The predicted molar refractivity (Wildman–Crippen MR) is 98.5 cm³/mol. The van der Waals surface area contributed by atoms with E-state index < -0.39 is 0 Å². The highest BCUT2D eigenvalue weighted by atomic mass is 35.5. The second-order valence-corrected chi connectivity index (χ2v) is 7.47. The summed E-state index contributed by atoms with van der Waals surface area (Å²) in [5, 5.41) is 2.79. The molecule has 1 aliphatic heterocycles. The number of thiophene rings is 1. The van der Waals surface area contributed by atoms with Gasteiger partial charge < -0.3 is 9.64 Å². The highest BCUT2D eigenvalue weighted by Gasteiger charge is 2.23. The van der Waals surface area contributed by atoms with Gasteiger partial charge in [0.1, 0.15) is 0 Å². The maximum atomic E-state index is 12.7. The van der Waals surface area contributed by atoms with Crippen molar-refractivity contribution in [2.45, 2.75) is 6.54 Å². The molecule has 1 aliphatic rings. The van der Waals surface area contributed by atoms with E-state index in [-0.39, 0.29) is 5.91 Å². The number of amides is 1. The van der Waals surface area contributed by atoms with Crippen molar-refractivity contribution in [1.29, 1.82) is 0 Å². The minimum Gasteiger partial charge on any atom is -0.494 e. The summed E-state index contributed by atoms with van der Waals surface area (Å²) in [6, 6.07) is 7.44. The fraction of sp³-hybridized carbons (Fsp3) is 0.353. The van der Waals surface area contributed by atoms with Gasteiger partial charge in [-0.05, 0) is 23.6 Å². The molecular weight excluding hydrogens is 367 g/mol. The van der Waals surface area contributed by atoms with Gasteiger partial charge in [0.05, 0.1) is 17.2 Å². The number of carbonyl (C=O) groups is 1. The number of benzene rings is 1. The molecule has 1 fully saturated rings. The fourth-order valence-electron chi connectivity index (χ4n) is 2.79. The van der Waals surface area contributed by atoms with Gasteiger partial charge in [0, 0.05) is 43.2 Å². The molecule has 0 aliphatic carbocycles. The summed E-state index contributed by atoms with van der Waals surface area (Å²) in [7, 11) is 1.50. The van der Waals surface area contributed by atoms with Gasteiger partial charge in [0.15, 0.2) is 5.75 Å². The van der Waals surface area contributed by atoms with Gasteiger partial charge in [-0.2, -0.15) is 0 Å². The highest BCUT2D eigenvalue weighted by molar-refractivity contribution is 7.09. The maximum absolute atomic E-state index is 12.7. The topological polar surface area (TPSA) is 32.8 Å². The van der Waals surface area contributed by atoms with E-state index in [1.54, 1.807) is 23.5 Å². The van der Waals surface area contributed by atoms with Crippen LogP contribution in [0, 0.1) is 0 Å². The van der Waals surface area contributed by atoms with Crippen LogP contribution in [-0.4, -0.2) is 49.0 Å². The van der Waals surface area contributed by atoms with Crippen molar-refractivity contribution >= 4 is 40.4 Å². The Labute approximate surface area is 155 Å². The summed E-state index contributed by atoms with van der Waals surface area (Å²) in [6.07, 6.45) is 0. The molecule has 0 N–H and O–H groups in total. The Morgan fingerprint density at radius 3 is 2.42 bits per heavy atom. The molecule has 0 radical (unpaired) electrons. The Balaban J connectivity index is 1.63. The number of methoxy groups -OCH3 is 1. The van der Waals surface area contributed by atoms with E-state index in [1.807, 2.05) is 4.90 Å². The molecule has 0 spiro atoms. The van der Waals surface area contributed by atoms with Crippen molar-refractivity contribution in [2.75, 3.05) is 33.3 Å². The molecule has 0 bridgehead atoms. The summed E-state index contributed by atoms with van der Waals surface area (Å²) < 4.78 is 5.13. The zero-order valence-corrected chi connectivity index (χ0v) is 15.6. The molecule has 3 rings (SSSR count). The molecular formula is C17H18Cl2N2O2S. The molecule has 0 atom stereocenters. The Hall–Kier alpha value is -1.27. The largest absolute Gasteiger partial charge is 0.494 e. The standard InChI is InChI=1S/C17H18Cl2N2O2S/c1-23-16-14(18)9-12(10-15(16)19)17(22)21-6-4-20(5-7-21)11-13-3-2-8-24-13/h2-3,8-10H,4-7,11H2,1H3. The van der Waals surface area contributed by atoms with E-state index in [0.717, 1.165) is 19.6 Å². The van der Waals surface area contributed by atoms with Crippen LogP contribution in [0.4, 0.5) is 0 Å². The third-order valence-corrected chi connectivity index (χ3v) is 5.49. The summed E-state index contributed by atoms with van der Waals surface area (Å²) >= 11 is 14.0. The molecule has 2 aromatic rings. The Kier molecular flexibility index (Phi) is 5.66. The smallest absolute Gasteiger partial charge is 0.254 e. The average molecular weight is 385 g/mol. The summed E-state index contributed by atoms with van der Waals surface area (Å²) in [5.41, 5.74) is 0.498. The minimum atomic E-state index is -0.0442. The van der Waals surface area contributed by atoms with Crippen molar-refractivity contribution in [3.8, 4) is 5.75 Å². The molecule has 2 heterocycles. The first kappa shape index (κ1) is 17.5. The molecule has 0 saturated carbocycles. The van der Waals surface area contributed by atoms with E-state index in [2.05, 4.69) is 22.4 Å². The third kappa shape index (κ3) is 3.86. The van der Waals surface area contributed by atoms with E-state index in [4.69, 9.17) is 27.9 Å². The SMILES string of the molecule is COc1c(Cl)cc(C(=O)N2CCN(Cc3cccs3)CC2)cc1Cl. The lowest BCUT2D eigenvalue weighted by Gasteiger charge is -2.34. The van der Waals surface area contributed by atoms with Crippen LogP contribution in [0.5, 0.6) is 5.75 Å². The summed E-state index contributed by atoms with van der Waals surface area (Å²) in [5.74, 6) is 0.355. The lowest BCUT2D eigenvalue weighted by atomic mass is 10.1. The normalized spacial score (nSPS) is 15.5. The number of halogens is 2. The van der Waals surface area contributed by atoms with Crippen molar-refractivity contribution < 1.29 is 9.53 Å². The molecule has 4 nitrogen and oxygen atoms in total. The van der Waals surface area contributed by atoms with Crippen molar-refractivity contribution in [1.82, 2.24) is 9.80 Å². The molecule has 1 amide bonds. The lowest BCUT2D eigenvalue weighted by Crippen LogP contribution is -2.48. The van der Waals surface area contributed by atoms with Crippen LogP contribution < -0.4 is 4.74 Å². The van der Waals surface area contributed by atoms with Crippen LogP contribution in [0.2, 0.25) is 10.0 Å². The molecule has 128 valence electrons. The number of nitrogens with zero attached hydrogens (tertiary/aromatic N) is 2. The lowest BCUT2D eigenvalue weighted by molar-refractivity contribution is 0.0629. The highest BCUT2D eigenvalue weighted by Crippen LogP contribution is 2.34. The van der Waals surface area contributed by atoms with E-state index in [9.17, 15) is 4.79 Å². The van der Waals surface area contributed by atoms with Crippen LogP contribution >= 0.6 is 34.5 Å². The van der Waals surface area contributed by atoms with Crippen molar-refractivity contribution in [3.63, 3.8) is 0 Å². The number of hydrogen-bond donors (Lipinski definition) is 0. The number of piperazine rings is 1. The first-order valence-electron chi connectivity index (χ1n) is 7.65. The minimum absolute atomic E-state index is 0.0442. The van der Waals surface area contributed by atoms with Crippen LogP contribution in [0.1, 0.15) is 15.2 Å². The molecule has 7 heteroatoms. The quantitative estimate of drug-likeness (QED) is 0.797. The second-order valence-electron chi connectivity index (χ2n) is 5.62. The van der Waals surface area contributed by atoms with Gasteiger partial charge in [-0.15, -0.1) is 11.3 Å². The Bertz CT molecular complexity index is 690. The number of ether oxygens (including phenoxy) is 1. The molecule has 1 aromatic carbocycles. The zero-order valence-electron chi connectivity index (χ0n) is 13.3. The molecule has 0 unspecified atom stereocenters. The Morgan fingerprint density at radius 1 is 1.21 bits per heavy atom. The zero-order chi connectivity index (χ0) is 17.1. The Morgan fingerprint density at radius 2 is 1.88 bits per heavy atom. The number of hydrogen-bond acceptors (Lipinski definition) is 4. The van der Waals surface area contributed by atoms with Gasteiger partial charge in [-0.1, -0.05) is 29.3 Å². The van der Waals surface area contributed by atoms with E-state index in [0.29, 0.717) is 34.4 Å². The fourth-order valence-corrected chi connectivity index (χ4v) is 4.18. The van der Waals surface area contributed by atoms with Gasteiger partial charge in [0.25, 0.3) is 5.91 Å². The number of carbonyl (C=O) groups excluding carboxylic acids is 1. The van der Waals surface area contributed by atoms with Crippen LogP contribution in [-0.2, 0) is 6.54 Å². The van der Waals surface area contributed by atoms with Gasteiger partial charge >= 0.3 is 0 Å². The number of rotatable bonds is 4. The average Bonchev–Trinajstić information content (AvgIpc) is 3.07. The van der Waals surface area contributed by atoms with E-state index in [1.165, 1.54) is 12.0 Å². The van der Waals surface area contributed by atoms with Crippen LogP contribution in [0.3, 0.4) is 0 Å². The molecule has 1 aromatic heterocycles. The van der Waals surface area contributed by atoms with Crippen molar-refractivity contribution in [2.24, 2.45) is 0 Å². The molecule has 24 heavy (non-hydrogen) atoms. The van der Waals surface area contributed by atoms with Crippen LogP contribution in [0.25, 0.3) is 0 Å². The maximum Gasteiger partial charge on any atom is 0.254 e. The summed E-state index contributed by atoms with van der Waals surface area (Å²) in [4.78, 5) is 18.2. The van der Waals surface area contributed by atoms with Crippen LogP contribution in [0.15, 0.2) is 29.6 Å². The van der Waals surface area contributed by atoms with Gasteiger partial charge in [0.2, 0.25) is 0 Å². The summed E-state index contributed by atoms with van der Waals surface area (Å²) in [6.45, 7) is 4.07. The first-order chi connectivity index (χ1) is 11.6. The predicted octanol–water partition coefficient (Wildman–Crippen LogP) is 4.02. The third-order valence-electron chi connectivity index (χ3n) is 4.07. The monoisotopic (exact) mass is 384 g/mol.